The smallest absolute Gasteiger partial charge is 0.394 e. The van der Waals surface area contributed by atoms with E-state index in [1.54, 1.807) is 13.8 Å². The molecular formula is C64H81F4N9O29. The molecule has 0 saturated carbocycles. The van der Waals surface area contributed by atoms with Crippen LogP contribution in [0.3, 0.4) is 0 Å². The summed E-state index contributed by atoms with van der Waals surface area (Å²) in [4.78, 5) is 147. The second kappa shape index (κ2) is 37.4. The molecule has 584 valence electrons. The van der Waals surface area contributed by atoms with E-state index in [-0.39, 0.29) is 137 Å². The number of alkyl halides is 4. The van der Waals surface area contributed by atoms with Crippen molar-refractivity contribution in [1.29, 1.82) is 0 Å². The Morgan fingerprint density at radius 3 is 1.05 bits per heavy atom. The molecule has 0 aromatic rings. The fraction of sp³-hybridized carbons (Fsp3) is 0.625. The van der Waals surface area contributed by atoms with Crippen LogP contribution in [0.25, 0.3) is 10.4 Å². The Morgan fingerprint density at radius 1 is 0.425 bits per heavy atom. The van der Waals surface area contributed by atoms with Crippen molar-refractivity contribution in [3.63, 3.8) is 0 Å². The van der Waals surface area contributed by atoms with Crippen LogP contribution in [0.5, 0.6) is 0 Å². The van der Waals surface area contributed by atoms with Crippen LogP contribution in [-0.4, -0.2) is 318 Å². The molecule has 12 aliphatic heterocycles. The molecule has 42 heteroatoms. The minimum atomic E-state index is -4.86. The minimum Gasteiger partial charge on any atom is -0.394 e. The van der Waals surface area contributed by atoms with E-state index in [0.717, 1.165) is 4.90 Å². The summed E-state index contributed by atoms with van der Waals surface area (Å²) in [5.74, 6) is -5.27. The number of carbonyl (C=O) groups is 12. The summed E-state index contributed by atoms with van der Waals surface area (Å²) in [5, 5.41) is 105. The number of Topliss-reactive ketones (excluding diaryl/α,β-unsaturated/α-hetero) is 4. The number of hydrogen-bond donors (Lipinski definition) is 11. The lowest BCUT2D eigenvalue weighted by molar-refractivity contribution is -0.150. The van der Waals surface area contributed by atoms with Gasteiger partial charge in [0.1, 0.15) is 73.3 Å². The molecule has 0 bridgehead atoms. The lowest BCUT2D eigenvalue weighted by atomic mass is 10.0. The summed E-state index contributed by atoms with van der Waals surface area (Å²) in [7, 11) is 0. The largest absolute Gasteiger partial charge is 0.421 e. The monoisotopic (exact) mass is 1520 g/mol. The first kappa shape index (κ1) is 84.9. The second-order valence-corrected chi connectivity index (χ2v) is 25.6. The van der Waals surface area contributed by atoms with Gasteiger partial charge >= 0.3 is 6.18 Å². The normalized spacial score (nSPS) is 33.9. The molecule has 12 heterocycles. The van der Waals surface area contributed by atoms with Crippen molar-refractivity contribution in [2.75, 3.05) is 39.6 Å². The maximum absolute atomic E-state index is 13.8. The van der Waals surface area contributed by atoms with Crippen LogP contribution in [-0.2, 0) is 86.0 Å². The van der Waals surface area contributed by atoms with Gasteiger partial charge in [0.2, 0.25) is 35.4 Å². The van der Waals surface area contributed by atoms with Crippen molar-refractivity contribution in [3.05, 3.63) is 82.1 Å². The molecule has 0 aromatic carbocycles. The van der Waals surface area contributed by atoms with Crippen LogP contribution in [0.4, 0.5) is 17.6 Å². The number of halogens is 4. The van der Waals surface area contributed by atoms with Crippen LogP contribution in [0.15, 0.2) is 76.8 Å². The molecule has 0 aromatic heterocycles. The van der Waals surface area contributed by atoms with Gasteiger partial charge in [0.05, 0.1) is 115 Å². The first-order valence-electron chi connectivity index (χ1n) is 32.9. The van der Waals surface area contributed by atoms with Gasteiger partial charge in [0.15, 0.2) is 47.1 Å². The molecular weight excluding hydrogens is 1430 g/mol. The molecule has 38 nitrogen and oxygen atoms in total. The van der Waals surface area contributed by atoms with Crippen molar-refractivity contribution in [2.24, 2.45) is 5.11 Å². The number of allylic oxidation sites excluding steroid dienone is 6. The van der Waals surface area contributed by atoms with Crippen molar-refractivity contribution >= 4 is 70.1 Å². The van der Waals surface area contributed by atoms with Gasteiger partial charge in [-0.25, -0.2) is 4.39 Å². The van der Waals surface area contributed by atoms with E-state index in [0.29, 0.717) is 34.2 Å². The summed E-state index contributed by atoms with van der Waals surface area (Å²) < 4.78 is 83.4. The lowest BCUT2D eigenvalue weighted by Crippen LogP contribution is -2.45. The third-order valence-electron chi connectivity index (χ3n) is 18.1. The zero-order valence-electron chi connectivity index (χ0n) is 56.9. The topological polar surface area (TPSA) is 551 Å². The zero-order valence-corrected chi connectivity index (χ0v) is 56.9. The number of ketones is 6. The van der Waals surface area contributed by atoms with Crippen molar-refractivity contribution in [3.8, 4) is 0 Å². The molecule has 0 spiro atoms. The Balaban J connectivity index is 0.000000178. The molecule has 1 unspecified atom stereocenters. The van der Waals surface area contributed by atoms with Gasteiger partial charge in [-0.05, 0) is 38.5 Å². The first-order chi connectivity index (χ1) is 50.0. The average Bonchev–Trinajstić information content (AvgIpc) is 1.41. The Hall–Kier alpha value is -8.37. The van der Waals surface area contributed by atoms with Crippen LogP contribution in [0.2, 0.25) is 0 Å². The van der Waals surface area contributed by atoms with Crippen LogP contribution >= 0.6 is 0 Å². The van der Waals surface area contributed by atoms with E-state index in [9.17, 15) is 101 Å². The molecule has 19 atom stereocenters. The maximum atomic E-state index is 13.8. The standard InChI is InChI=1S/C11H12F3NO5.C11H14FNO5.C11H14N4O4.C11H15NO5.2C10H13NO5/c12-11(13,14)5-3-15(9(19)1-6(5)17)10-2-7(18)8(4-16)20-10;1-5-3-13(8(16)2-6(5)15)11-9(12)10(17)7(4-14)18-11;1-6-4-15(10(18)3-8(6)17)11-2-7(13-14-12)9(5-16)19-11;1-6-4-12(10(16)2-7(6)14)11-3-8(15)9(5-13)17-11;2*12-5-8-7(14)4-10(16-8)11-2-1-6(13)3-9(11)15/h3,7-8,10,16,18H,1-2,4H2;3,7,9-11,14,17H,2,4H2,1H3;4,7,9,11,16H,2-3,5H2,1H3;4,8-9,11,13,15H,2-3,5H2,1H3;2*1-2,7-8,10,12,14H,3-5H2/t7-,8+,10+;7-,9?,10-,11-;7-,9+,11+;8-,9+,11+;2*7-,8+,10+/m100110/s1. The number of nitrogens with zero attached hydrogens (tertiary/aromatic N) is 9. The van der Waals surface area contributed by atoms with Crippen LogP contribution < -0.4 is 0 Å². The average molecular weight is 1520 g/mol. The predicted molar refractivity (Wildman–Crippen MR) is 338 cm³/mol. The molecule has 12 rings (SSSR count). The number of rotatable bonds is 13. The Bertz CT molecular complexity index is 3520. The number of aliphatic hydroxyl groups excluding tert-OH is 11. The number of ether oxygens (including phenoxy) is 6. The molecule has 12 aliphatic rings. The molecule has 0 aliphatic carbocycles. The van der Waals surface area contributed by atoms with Gasteiger partial charge in [-0.2, -0.15) is 13.2 Å². The van der Waals surface area contributed by atoms with Gasteiger partial charge < -0.3 is 84.6 Å². The number of hydrogen-bond acceptors (Lipinski definition) is 30. The maximum Gasteiger partial charge on any atom is 0.421 e. The van der Waals surface area contributed by atoms with Crippen LogP contribution in [0, 0.1) is 0 Å². The molecule has 106 heavy (non-hydrogen) atoms. The fourth-order valence-electron chi connectivity index (χ4n) is 12.1. The third kappa shape index (κ3) is 20.9. The predicted octanol–water partition coefficient (Wildman–Crippen LogP) is -4.01. The number of aliphatic hydroxyl groups is 11. The van der Waals surface area contributed by atoms with Crippen molar-refractivity contribution < 1.29 is 160 Å². The first-order valence-corrected chi connectivity index (χ1v) is 32.9. The summed E-state index contributed by atoms with van der Waals surface area (Å²) >= 11 is 0. The van der Waals surface area contributed by atoms with E-state index < -0.39 is 166 Å². The van der Waals surface area contributed by atoms with Gasteiger partial charge in [-0.1, -0.05) is 5.11 Å². The summed E-state index contributed by atoms with van der Waals surface area (Å²) in [5.41, 5.74) is 8.33. The van der Waals surface area contributed by atoms with Gasteiger partial charge in [0.25, 0.3) is 0 Å². The SMILES string of the molecule is CC1=CN([C@@H]2C[C@@H](O)[C@H](CO)O2)C(=O)CC1=O.CC1=CN([C@H]2C[C@H](N=[N+]=[N-])[C@@H](CO)O2)C(=O)CC1=O.CC1=CN([C@H]2O[C@@H](CO)[C@H](O)C2F)C(=O)CC1=O.O=C1C=CN([C@@H]2C[C@@H](O)[C@H](CO)O2)C(=O)C1.O=C1C=CN([C@H]2C[C@H](O)[C@@H](CO)O2)C(=O)C1.O=C1CC(=O)N([C@@H]2C[C@@H](O)[C@H](CO)O2)C=C1C(F)(F)F. The highest BCUT2D eigenvalue weighted by atomic mass is 19.4. The number of carbonyl (C=O) groups excluding carboxylic acids is 12. The third-order valence-corrected chi connectivity index (χ3v) is 18.1. The Morgan fingerprint density at radius 2 is 0.726 bits per heavy atom. The molecule has 0 radical (unpaired) electrons. The summed E-state index contributed by atoms with van der Waals surface area (Å²) in [6, 6.07) is -0.515. The van der Waals surface area contributed by atoms with Gasteiger partial charge in [0, 0.05) is 90.9 Å². The second-order valence-electron chi connectivity index (χ2n) is 25.6. The highest BCUT2D eigenvalue weighted by Gasteiger charge is 2.51. The van der Waals surface area contributed by atoms with E-state index >= 15 is 0 Å². The van der Waals surface area contributed by atoms with Gasteiger partial charge in [-0.15, -0.1) is 0 Å². The highest BCUT2D eigenvalue weighted by molar-refractivity contribution is 6.12. The van der Waals surface area contributed by atoms with E-state index in [4.69, 9.17) is 64.6 Å². The quantitative estimate of drug-likeness (QED) is 0.0275. The summed E-state index contributed by atoms with van der Waals surface area (Å²) in [6.45, 7) is 2.57. The van der Waals surface area contributed by atoms with E-state index in [1.807, 2.05) is 0 Å². The minimum absolute atomic E-state index is 0.132. The highest BCUT2D eigenvalue weighted by Crippen LogP contribution is 2.36. The van der Waals surface area contributed by atoms with Crippen molar-refractivity contribution in [2.45, 2.75) is 214 Å². The van der Waals surface area contributed by atoms with E-state index in [1.165, 1.54) is 69.7 Å². The lowest BCUT2D eigenvalue weighted by Gasteiger charge is -2.29. The van der Waals surface area contributed by atoms with Crippen LogP contribution in [0.1, 0.15) is 91.4 Å². The van der Waals surface area contributed by atoms with Gasteiger partial charge in [-0.3, -0.25) is 86.9 Å². The Kier molecular flexibility index (Phi) is 30.0. The number of amides is 6. The van der Waals surface area contributed by atoms with Crippen molar-refractivity contribution in [1.82, 2.24) is 29.4 Å². The van der Waals surface area contributed by atoms with E-state index in [2.05, 4.69) is 10.0 Å². The fourth-order valence-corrected chi connectivity index (χ4v) is 12.1. The molecule has 11 N–H and O–H groups in total. The molecule has 6 fully saturated rings. The Labute approximate surface area is 598 Å². The summed E-state index contributed by atoms with van der Waals surface area (Å²) in [6.07, 6.45) is -12.2. The number of azide groups is 1. The molecule has 6 saturated heterocycles. The zero-order chi connectivity index (χ0) is 78.5. The molecule has 6 amide bonds.